The molecule has 0 bridgehead atoms. The van der Waals surface area contributed by atoms with E-state index in [9.17, 15) is 19.4 Å². The van der Waals surface area contributed by atoms with Crippen LogP contribution in [0.5, 0.6) is 0 Å². The average Bonchev–Trinajstić information content (AvgIpc) is 3.04. The summed E-state index contributed by atoms with van der Waals surface area (Å²) >= 11 is 0. The maximum Gasteiger partial charge on any atom is 0.472 e. The van der Waals surface area contributed by atoms with E-state index in [0.29, 0.717) is 6.42 Å². The van der Waals surface area contributed by atoms with Crippen LogP contribution in [0.25, 0.3) is 0 Å². The second-order valence-corrected chi connectivity index (χ2v) is 13.5. The van der Waals surface area contributed by atoms with Crippen molar-refractivity contribution in [3.63, 3.8) is 0 Å². The summed E-state index contributed by atoms with van der Waals surface area (Å²) in [5.74, 6) is -0.222. The molecule has 3 atom stereocenters. The Kier molecular flexibility index (Phi) is 32.2. The summed E-state index contributed by atoms with van der Waals surface area (Å²) in [4.78, 5) is 22.5. The van der Waals surface area contributed by atoms with Crippen molar-refractivity contribution in [3.8, 4) is 0 Å². The van der Waals surface area contributed by atoms with Crippen molar-refractivity contribution in [2.24, 2.45) is 5.73 Å². The van der Waals surface area contributed by atoms with E-state index in [0.717, 1.165) is 70.6 Å². The van der Waals surface area contributed by atoms with Gasteiger partial charge in [-0.05, 0) is 70.6 Å². The van der Waals surface area contributed by atoms with Gasteiger partial charge in [0.05, 0.1) is 25.4 Å². The van der Waals surface area contributed by atoms with Gasteiger partial charge in [-0.25, -0.2) is 4.57 Å². The first-order valence-corrected chi connectivity index (χ1v) is 19.8. The molecule has 268 valence electrons. The monoisotopic (exact) mass is 668 g/mol. The molecular formula is C37H69N2O6P. The largest absolute Gasteiger partial charge is 0.472 e. The molecule has 5 N–H and O–H groups in total. The van der Waals surface area contributed by atoms with Gasteiger partial charge in [-0.15, -0.1) is 0 Å². The fourth-order valence-electron chi connectivity index (χ4n) is 4.80. The quantitative estimate of drug-likeness (QED) is 0.0311. The molecule has 3 unspecified atom stereocenters. The molecule has 0 aromatic rings. The number of hydrogen-bond donors (Lipinski definition) is 4. The summed E-state index contributed by atoms with van der Waals surface area (Å²) in [6.07, 6.45) is 38.7. The van der Waals surface area contributed by atoms with Gasteiger partial charge in [0.25, 0.3) is 0 Å². The fraction of sp³-hybridized carbons (Fsp3) is 0.757. The number of aliphatic hydroxyl groups is 1. The third kappa shape index (κ3) is 31.1. The molecule has 9 heteroatoms. The van der Waals surface area contributed by atoms with Crippen molar-refractivity contribution >= 4 is 13.7 Å². The van der Waals surface area contributed by atoms with Crippen molar-refractivity contribution in [2.75, 3.05) is 19.8 Å². The van der Waals surface area contributed by atoms with Crippen LogP contribution in [-0.4, -0.2) is 47.8 Å². The van der Waals surface area contributed by atoms with Crippen LogP contribution < -0.4 is 11.1 Å². The molecule has 0 aromatic heterocycles. The van der Waals surface area contributed by atoms with Gasteiger partial charge in [0.2, 0.25) is 5.91 Å². The lowest BCUT2D eigenvalue weighted by atomic mass is 10.1. The van der Waals surface area contributed by atoms with E-state index in [1.807, 2.05) is 6.08 Å². The van der Waals surface area contributed by atoms with E-state index in [1.165, 1.54) is 57.8 Å². The van der Waals surface area contributed by atoms with Gasteiger partial charge in [-0.3, -0.25) is 13.8 Å². The second kappa shape index (κ2) is 33.4. The molecule has 8 nitrogen and oxygen atoms in total. The van der Waals surface area contributed by atoms with Crippen molar-refractivity contribution in [2.45, 2.75) is 161 Å². The lowest BCUT2D eigenvalue weighted by Crippen LogP contribution is -2.45. The maximum atomic E-state index is 12.7. The summed E-state index contributed by atoms with van der Waals surface area (Å²) in [6.45, 7) is 4.03. The highest BCUT2D eigenvalue weighted by Crippen LogP contribution is 2.43. The normalized spacial score (nSPS) is 15.0. The summed E-state index contributed by atoms with van der Waals surface area (Å²) < 4.78 is 22.0. The topological polar surface area (TPSA) is 131 Å². The minimum atomic E-state index is -4.34. The Morgan fingerprint density at radius 1 is 0.696 bits per heavy atom. The van der Waals surface area contributed by atoms with Crippen LogP contribution in [0.4, 0.5) is 0 Å². The number of rotatable bonds is 33. The Hall–Kier alpha value is -1.54. The van der Waals surface area contributed by atoms with Crippen LogP contribution in [0.15, 0.2) is 48.6 Å². The zero-order chi connectivity index (χ0) is 34.0. The number of carbonyl (C=O) groups is 1. The summed E-state index contributed by atoms with van der Waals surface area (Å²) in [7, 11) is -4.34. The molecule has 0 aliphatic rings. The zero-order valence-corrected chi connectivity index (χ0v) is 30.2. The summed E-state index contributed by atoms with van der Waals surface area (Å²) in [6, 6.07) is -0.885. The van der Waals surface area contributed by atoms with Crippen LogP contribution in [0.3, 0.4) is 0 Å². The van der Waals surface area contributed by atoms with E-state index in [1.54, 1.807) is 6.08 Å². The van der Waals surface area contributed by atoms with Crippen molar-refractivity contribution in [3.05, 3.63) is 48.6 Å². The lowest BCUT2D eigenvalue weighted by molar-refractivity contribution is -0.123. The van der Waals surface area contributed by atoms with Crippen molar-refractivity contribution < 1.29 is 28.4 Å². The molecule has 0 saturated carbocycles. The van der Waals surface area contributed by atoms with Gasteiger partial charge in [-0.2, -0.15) is 0 Å². The fourth-order valence-corrected chi connectivity index (χ4v) is 5.56. The molecule has 0 spiro atoms. The van der Waals surface area contributed by atoms with Gasteiger partial charge in [-0.1, -0.05) is 120 Å². The molecule has 0 fully saturated rings. The SMILES string of the molecule is CCCCCC/C=C\CCCCCCCC(=O)NC(COP(=O)(O)OCCN)C(O)/C=C/CC/C=C/CC/C=C/CCCCCC. The van der Waals surface area contributed by atoms with Crippen molar-refractivity contribution in [1.82, 2.24) is 5.32 Å². The van der Waals surface area contributed by atoms with Gasteiger partial charge < -0.3 is 21.1 Å². The highest BCUT2D eigenvalue weighted by Gasteiger charge is 2.26. The molecular weight excluding hydrogens is 599 g/mol. The molecule has 0 radical (unpaired) electrons. The molecule has 0 saturated heterocycles. The molecule has 0 heterocycles. The summed E-state index contributed by atoms with van der Waals surface area (Å²) in [5, 5.41) is 13.5. The molecule has 0 aliphatic heterocycles. The van der Waals surface area contributed by atoms with Crippen LogP contribution in [-0.2, 0) is 18.4 Å². The van der Waals surface area contributed by atoms with Gasteiger partial charge in [0, 0.05) is 13.0 Å². The van der Waals surface area contributed by atoms with E-state index in [-0.39, 0.29) is 25.7 Å². The maximum absolute atomic E-state index is 12.7. The molecule has 0 aliphatic carbocycles. The number of hydrogen-bond acceptors (Lipinski definition) is 6. The number of carbonyl (C=O) groups excluding carboxylic acids is 1. The minimum Gasteiger partial charge on any atom is -0.387 e. The first kappa shape index (κ1) is 44.5. The number of aliphatic hydroxyl groups excluding tert-OH is 1. The lowest BCUT2D eigenvalue weighted by Gasteiger charge is -2.23. The number of nitrogens with two attached hydrogens (primary N) is 1. The van der Waals surface area contributed by atoms with Gasteiger partial charge in [0.15, 0.2) is 0 Å². The predicted octanol–water partition coefficient (Wildman–Crippen LogP) is 9.38. The number of allylic oxidation sites excluding steroid dienone is 7. The predicted molar refractivity (Wildman–Crippen MR) is 194 cm³/mol. The van der Waals surface area contributed by atoms with E-state index < -0.39 is 20.0 Å². The number of phosphoric ester groups is 1. The van der Waals surface area contributed by atoms with Crippen LogP contribution >= 0.6 is 7.82 Å². The Balaban J connectivity index is 4.46. The first-order chi connectivity index (χ1) is 22.4. The smallest absolute Gasteiger partial charge is 0.387 e. The van der Waals surface area contributed by atoms with Gasteiger partial charge in [0.1, 0.15) is 0 Å². The van der Waals surface area contributed by atoms with E-state index in [4.69, 9.17) is 14.8 Å². The van der Waals surface area contributed by atoms with Crippen molar-refractivity contribution in [1.29, 1.82) is 0 Å². The third-order valence-electron chi connectivity index (χ3n) is 7.60. The number of unbranched alkanes of at least 4 members (excludes halogenated alkanes) is 15. The summed E-state index contributed by atoms with van der Waals surface area (Å²) in [5.41, 5.74) is 5.34. The highest BCUT2D eigenvalue weighted by molar-refractivity contribution is 7.47. The van der Waals surface area contributed by atoms with Crippen LogP contribution in [0, 0.1) is 0 Å². The van der Waals surface area contributed by atoms with E-state index >= 15 is 0 Å². The molecule has 46 heavy (non-hydrogen) atoms. The Morgan fingerprint density at radius 2 is 1.15 bits per heavy atom. The zero-order valence-electron chi connectivity index (χ0n) is 29.3. The highest BCUT2D eigenvalue weighted by atomic mass is 31.2. The second-order valence-electron chi connectivity index (χ2n) is 12.1. The Labute approximate surface area is 282 Å². The first-order valence-electron chi connectivity index (χ1n) is 18.3. The standard InChI is InChI=1S/C37H69N2O6P/c1-3-5-7-9-11-13-15-17-19-20-22-24-26-28-30-36(40)35(34-45-46(42,43)44-33-32-38)39-37(41)31-29-27-25-23-21-18-16-14-12-10-8-6-4-2/h13-16,20,22,28,30,35-36,40H,3-12,17-19,21,23-27,29,31-34,38H2,1-2H3,(H,39,41)(H,42,43)/b15-13+,16-14-,22-20+,30-28+. The minimum absolute atomic E-state index is 0.0690. The number of amides is 1. The number of nitrogens with one attached hydrogen (secondary N) is 1. The number of phosphoric acid groups is 1. The third-order valence-corrected chi connectivity index (χ3v) is 8.59. The average molecular weight is 669 g/mol. The Morgan fingerprint density at radius 3 is 1.67 bits per heavy atom. The molecule has 0 rings (SSSR count). The van der Waals surface area contributed by atoms with E-state index in [2.05, 4.69) is 55.6 Å². The van der Waals surface area contributed by atoms with Gasteiger partial charge >= 0.3 is 7.82 Å². The van der Waals surface area contributed by atoms with Crippen LogP contribution in [0.1, 0.15) is 149 Å². The molecule has 1 amide bonds. The van der Waals surface area contributed by atoms with Crippen LogP contribution in [0.2, 0.25) is 0 Å². The molecule has 0 aromatic carbocycles. The Bertz CT molecular complexity index is 861.